The number of aromatic nitrogens is 2. The number of rotatable bonds is 4. The van der Waals surface area contributed by atoms with Crippen molar-refractivity contribution in [2.45, 2.75) is 13.8 Å². The molecule has 1 heterocycles. The highest BCUT2D eigenvalue weighted by Crippen LogP contribution is 2.09. The second-order valence-electron chi connectivity index (χ2n) is 4.12. The third-order valence-corrected chi connectivity index (χ3v) is 2.54. The summed E-state index contributed by atoms with van der Waals surface area (Å²) in [5.74, 6) is -0.541. The Hall–Kier alpha value is -2.34. The molecule has 0 fully saturated rings. The Labute approximate surface area is 123 Å². The highest BCUT2D eigenvalue weighted by molar-refractivity contribution is 6.08. The number of nitrogen functional groups attached to an aromatic ring is 1. The summed E-state index contributed by atoms with van der Waals surface area (Å²) < 4.78 is 12.7. The standard InChI is InChI=1S/C11H8FN3O.C4H11N/c12-9-3-1-7(2-4-9)10(16)8-5-14-11(13)15-6-8;1-3-5-4-2/h1-6H,(H2,13,14,15);5H,3-4H2,1-2H3. The topological polar surface area (TPSA) is 80.9 Å². The van der Waals surface area contributed by atoms with Gasteiger partial charge in [-0.2, -0.15) is 0 Å². The van der Waals surface area contributed by atoms with Crippen LogP contribution in [0.15, 0.2) is 36.7 Å². The molecule has 0 atom stereocenters. The molecule has 0 bridgehead atoms. The molecule has 0 aliphatic rings. The summed E-state index contributed by atoms with van der Waals surface area (Å²) in [7, 11) is 0. The average Bonchev–Trinajstić information content (AvgIpc) is 2.49. The van der Waals surface area contributed by atoms with Crippen molar-refractivity contribution in [3.05, 3.63) is 53.6 Å². The third kappa shape index (κ3) is 5.66. The summed E-state index contributed by atoms with van der Waals surface area (Å²) in [5.41, 5.74) is 6.01. The predicted molar refractivity (Wildman–Crippen MR) is 80.5 cm³/mol. The normalized spacial score (nSPS) is 9.67. The minimum atomic E-state index is -0.384. The maximum absolute atomic E-state index is 12.7. The number of nitrogens with one attached hydrogen (secondary N) is 1. The average molecular weight is 290 g/mol. The van der Waals surface area contributed by atoms with Gasteiger partial charge >= 0.3 is 0 Å². The molecule has 112 valence electrons. The van der Waals surface area contributed by atoms with Crippen molar-refractivity contribution in [3.8, 4) is 0 Å². The van der Waals surface area contributed by atoms with Crippen LogP contribution >= 0.6 is 0 Å². The predicted octanol–water partition coefficient (Wildman–Crippen LogP) is 2.04. The van der Waals surface area contributed by atoms with Gasteiger partial charge in [-0.15, -0.1) is 0 Å². The Balaban J connectivity index is 0.000000383. The number of carbonyl (C=O) groups is 1. The molecule has 2 rings (SSSR count). The number of nitrogens with zero attached hydrogens (tertiary/aromatic N) is 2. The van der Waals surface area contributed by atoms with E-state index in [-0.39, 0.29) is 17.5 Å². The van der Waals surface area contributed by atoms with Gasteiger partial charge in [-0.25, -0.2) is 14.4 Å². The molecule has 3 N–H and O–H groups in total. The van der Waals surface area contributed by atoms with Gasteiger partial charge in [-0.05, 0) is 37.4 Å². The Morgan fingerprint density at radius 2 is 1.62 bits per heavy atom. The van der Waals surface area contributed by atoms with Crippen LogP contribution in [0.5, 0.6) is 0 Å². The first-order chi connectivity index (χ1) is 10.1. The highest BCUT2D eigenvalue weighted by atomic mass is 19.1. The Kier molecular flexibility index (Phi) is 6.97. The summed E-state index contributed by atoms with van der Waals surface area (Å²) in [5, 5.41) is 3.11. The first-order valence-electron chi connectivity index (χ1n) is 6.67. The maximum atomic E-state index is 12.7. The third-order valence-electron chi connectivity index (χ3n) is 2.54. The van der Waals surface area contributed by atoms with Crippen molar-refractivity contribution >= 4 is 11.7 Å². The smallest absolute Gasteiger partial charge is 0.219 e. The van der Waals surface area contributed by atoms with Crippen molar-refractivity contribution in [2.75, 3.05) is 18.8 Å². The van der Waals surface area contributed by atoms with Crippen LogP contribution in [-0.2, 0) is 0 Å². The lowest BCUT2D eigenvalue weighted by molar-refractivity contribution is 0.103. The summed E-state index contributed by atoms with van der Waals surface area (Å²) in [6, 6.07) is 5.28. The summed E-state index contributed by atoms with van der Waals surface area (Å²) in [6.07, 6.45) is 2.68. The van der Waals surface area contributed by atoms with E-state index >= 15 is 0 Å². The number of hydrogen-bond acceptors (Lipinski definition) is 5. The van der Waals surface area contributed by atoms with Gasteiger partial charge in [-0.3, -0.25) is 4.79 Å². The van der Waals surface area contributed by atoms with Crippen LogP contribution < -0.4 is 11.1 Å². The van der Waals surface area contributed by atoms with E-state index in [9.17, 15) is 9.18 Å². The molecule has 21 heavy (non-hydrogen) atoms. The van der Waals surface area contributed by atoms with E-state index in [2.05, 4.69) is 29.1 Å². The SMILES string of the molecule is CCNCC.Nc1ncc(C(=O)c2ccc(F)cc2)cn1. The second kappa shape index (κ2) is 8.76. The molecule has 0 radical (unpaired) electrons. The van der Waals surface area contributed by atoms with E-state index in [4.69, 9.17) is 5.73 Å². The van der Waals surface area contributed by atoms with Crippen molar-refractivity contribution in [2.24, 2.45) is 0 Å². The van der Waals surface area contributed by atoms with Crippen LogP contribution in [0.2, 0.25) is 0 Å². The zero-order valence-corrected chi connectivity index (χ0v) is 12.1. The van der Waals surface area contributed by atoms with E-state index in [1.54, 1.807) is 0 Å². The number of ketones is 1. The molecule has 6 heteroatoms. The molecular formula is C15H19FN4O. The van der Waals surface area contributed by atoms with E-state index in [0.717, 1.165) is 13.1 Å². The molecule has 0 amide bonds. The van der Waals surface area contributed by atoms with Crippen LogP contribution in [0.1, 0.15) is 29.8 Å². The second-order valence-corrected chi connectivity index (χ2v) is 4.12. The number of anilines is 1. The van der Waals surface area contributed by atoms with Crippen molar-refractivity contribution in [1.29, 1.82) is 0 Å². The molecule has 5 nitrogen and oxygen atoms in total. The molecular weight excluding hydrogens is 271 g/mol. The van der Waals surface area contributed by atoms with Gasteiger partial charge in [0.05, 0.1) is 5.56 Å². The molecule has 1 aromatic carbocycles. The minimum absolute atomic E-state index is 0.107. The maximum Gasteiger partial charge on any atom is 0.219 e. The molecule has 0 unspecified atom stereocenters. The number of hydrogen-bond donors (Lipinski definition) is 2. The van der Waals surface area contributed by atoms with Crippen molar-refractivity contribution < 1.29 is 9.18 Å². The zero-order valence-electron chi connectivity index (χ0n) is 12.1. The Bertz CT molecular complexity index is 505. The van der Waals surface area contributed by atoms with Crippen molar-refractivity contribution in [3.63, 3.8) is 0 Å². The zero-order chi connectivity index (χ0) is 15.7. The molecule has 0 aliphatic heterocycles. The van der Waals surface area contributed by atoms with Gasteiger partial charge < -0.3 is 11.1 Å². The molecule has 0 saturated carbocycles. The van der Waals surface area contributed by atoms with Crippen LogP contribution in [-0.4, -0.2) is 28.8 Å². The number of nitrogens with two attached hydrogens (primary N) is 1. The fourth-order valence-corrected chi connectivity index (χ4v) is 1.47. The highest BCUT2D eigenvalue weighted by Gasteiger charge is 2.09. The monoisotopic (exact) mass is 290 g/mol. The van der Waals surface area contributed by atoms with E-state index < -0.39 is 0 Å². The summed E-state index contributed by atoms with van der Waals surface area (Å²) in [6.45, 7) is 6.39. The number of carbonyl (C=O) groups excluding carboxylic acids is 1. The van der Waals surface area contributed by atoms with Gasteiger partial charge in [-0.1, -0.05) is 13.8 Å². The van der Waals surface area contributed by atoms with Crippen LogP contribution in [0.4, 0.5) is 10.3 Å². The minimum Gasteiger partial charge on any atom is -0.368 e. The van der Waals surface area contributed by atoms with Crippen LogP contribution in [0, 0.1) is 5.82 Å². The lowest BCUT2D eigenvalue weighted by Gasteiger charge is -2.00. The first-order valence-corrected chi connectivity index (χ1v) is 6.67. The molecule has 0 aliphatic carbocycles. The fourth-order valence-electron chi connectivity index (χ4n) is 1.47. The molecule has 1 aromatic heterocycles. The first kappa shape index (κ1) is 16.7. The quantitative estimate of drug-likeness (QED) is 0.842. The van der Waals surface area contributed by atoms with E-state index in [1.807, 2.05) is 0 Å². The largest absolute Gasteiger partial charge is 0.368 e. The van der Waals surface area contributed by atoms with Gasteiger partial charge in [0, 0.05) is 18.0 Å². The lowest BCUT2D eigenvalue weighted by Crippen LogP contribution is -2.09. The van der Waals surface area contributed by atoms with Gasteiger partial charge in [0.25, 0.3) is 0 Å². The fraction of sp³-hybridized carbons (Fsp3) is 0.267. The van der Waals surface area contributed by atoms with Crippen LogP contribution in [0.3, 0.4) is 0 Å². The van der Waals surface area contributed by atoms with Gasteiger partial charge in [0.15, 0.2) is 5.78 Å². The van der Waals surface area contributed by atoms with Crippen molar-refractivity contribution in [1.82, 2.24) is 15.3 Å². The number of halogens is 1. The lowest BCUT2D eigenvalue weighted by atomic mass is 10.1. The Morgan fingerprint density at radius 3 is 2.05 bits per heavy atom. The van der Waals surface area contributed by atoms with Gasteiger partial charge in [0.1, 0.15) is 5.82 Å². The number of benzene rings is 1. The molecule has 0 saturated heterocycles. The molecule has 2 aromatic rings. The summed E-state index contributed by atoms with van der Waals surface area (Å²) >= 11 is 0. The van der Waals surface area contributed by atoms with E-state index in [1.165, 1.54) is 36.7 Å². The van der Waals surface area contributed by atoms with E-state index in [0.29, 0.717) is 11.1 Å². The Morgan fingerprint density at radius 1 is 1.10 bits per heavy atom. The molecule has 0 spiro atoms. The van der Waals surface area contributed by atoms with Crippen LogP contribution in [0.25, 0.3) is 0 Å². The van der Waals surface area contributed by atoms with Gasteiger partial charge in [0.2, 0.25) is 5.95 Å². The summed E-state index contributed by atoms with van der Waals surface area (Å²) in [4.78, 5) is 19.3.